The van der Waals surface area contributed by atoms with Crippen molar-refractivity contribution in [3.8, 4) is 5.75 Å². The van der Waals surface area contributed by atoms with Gasteiger partial charge in [0.15, 0.2) is 6.10 Å². The highest BCUT2D eigenvalue weighted by atomic mass is 16.5. The van der Waals surface area contributed by atoms with Crippen molar-refractivity contribution in [2.24, 2.45) is 0 Å². The van der Waals surface area contributed by atoms with Crippen molar-refractivity contribution >= 4 is 11.8 Å². The van der Waals surface area contributed by atoms with Crippen molar-refractivity contribution < 1.29 is 18.7 Å². The number of furan rings is 1. The smallest absolute Gasteiger partial charge is 0.263 e. The summed E-state index contributed by atoms with van der Waals surface area (Å²) in [7, 11) is 1.73. The van der Waals surface area contributed by atoms with Gasteiger partial charge < -0.3 is 19.0 Å². The molecular formula is C32H32N2O4. The van der Waals surface area contributed by atoms with Crippen LogP contribution in [0.15, 0.2) is 95.6 Å². The monoisotopic (exact) mass is 508 g/mol. The Hall–Kier alpha value is -4.32. The standard InChI is InChI=1S/C32H32N2O4/c1-22-9-7-12-26(19-22)30-29-20-27(38-23(2)31(35)33(3)21-28-13-8-18-37-28)15-14-24(29)16-17-34(30)32(36)25-10-5-4-6-11-25/h4-15,18-20,23,30H,16-17,21H2,1-3H3/t23-,30+/m1/s1. The molecule has 0 unspecified atom stereocenters. The first-order valence-corrected chi connectivity index (χ1v) is 12.9. The lowest BCUT2D eigenvalue weighted by Crippen LogP contribution is -2.40. The topological polar surface area (TPSA) is 63.0 Å². The molecule has 0 fully saturated rings. The first-order chi connectivity index (χ1) is 18.4. The molecule has 0 bridgehead atoms. The van der Waals surface area contributed by atoms with Crippen molar-refractivity contribution in [1.29, 1.82) is 0 Å². The number of carbonyl (C=O) groups excluding carboxylic acids is 2. The number of aryl methyl sites for hydroxylation is 1. The molecule has 5 rings (SSSR count). The van der Waals surface area contributed by atoms with E-state index in [0.29, 0.717) is 30.2 Å². The van der Waals surface area contributed by atoms with Gasteiger partial charge in [-0.05, 0) is 73.4 Å². The third-order valence-electron chi connectivity index (χ3n) is 7.00. The fraction of sp³-hybridized carbons (Fsp3) is 0.250. The van der Waals surface area contributed by atoms with Gasteiger partial charge in [0.05, 0.1) is 18.8 Å². The van der Waals surface area contributed by atoms with Crippen LogP contribution in [0.3, 0.4) is 0 Å². The van der Waals surface area contributed by atoms with E-state index in [-0.39, 0.29) is 17.9 Å². The zero-order chi connectivity index (χ0) is 26.6. The molecule has 0 saturated heterocycles. The van der Waals surface area contributed by atoms with E-state index < -0.39 is 6.10 Å². The van der Waals surface area contributed by atoms with Gasteiger partial charge in [0.2, 0.25) is 0 Å². The minimum Gasteiger partial charge on any atom is -0.481 e. The number of carbonyl (C=O) groups is 2. The van der Waals surface area contributed by atoms with Crippen LogP contribution in [0.4, 0.5) is 0 Å². The van der Waals surface area contributed by atoms with Gasteiger partial charge >= 0.3 is 0 Å². The summed E-state index contributed by atoms with van der Waals surface area (Å²) in [5, 5.41) is 0. The van der Waals surface area contributed by atoms with Crippen molar-refractivity contribution in [2.45, 2.75) is 39.0 Å². The van der Waals surface area contributed by atoms with Gasteiger partial charge in [0, 0.05) is 19.2 Å². The van der Waals surface area contributed by atoms with Crippen LogP contribution in [-0.2, 0) is 17.8 Å². The highest BCUT2D eigenvalue weighted by molar-refractivity contribution is 5.95. The van der Waals surface area contributed by atoms with Crippen LogP contribution >= 0.6 is 0 Å². The molecule has 0 aliphatic carbocycles. The Balaban J connectivity index is 1.44. The predicted octanol–water partition coefficient (Wildman–Crippen LogP) is 5.80. The van der Waals surface area contributed by atoms with E-state index in [0.717, 1.165) is 23.1 Å². The number of hydrogen-bond donors (Lipinski definition) is 0. The highest BCUT2D eigenvalue weighted by Gasteiger charge is 2.33. The number of likely N-dealkylation sites (N-methyl/N-ethyl adjacent to an activating group) is 1. The Morgan fingerprint density at radius 2 is 1.84 bits per heavy atom. The SMILES string of the molecule is Cc1cccc([C@H]2c3cc(O[C@H](C)C(=O)N(C)Cc4ccco4)ccc3CCN2C(=O)c2ccccc2)c1. The fourth-order valence-electron chi connectivity index (χ4n) is 5.11. The summed E-state index contributed by atoms with van der Waals surface area (Å²) in [6.45, 7) is 4.80. The number of amides is 2. The number of rotatable bonds is 7. The molecule has 6 heteroatoms. The average Bonchev–Trinajstić information content (AvgIpc) is 3.45. The lowest BCUT2D eigenvalue weighted by Gasteiger charge is -2.38. The first-order valence-electron chi connectivity index (χ1n) is 12.9. The molecule has 4 aromatic rings. The fourth-order valence-corrected chi connectivity index (χ4v) is 5.11. The first kappa shape index (κ1) is 25.3. The molecule has 2 amide bonds. The largest absolute Gasteiger partial charge is 0.481 e. The van der Waals surface area contributed by atoms with E-state index >= 15 is 0 Å². The number of ether oxygens (including phenoxy) is 1. The molecule has 2 atom stereocenters. The highest BCUT2D eigenvalue weighted by Crippen LogP contribution is 2.38. The zero-order valence-corrected chi connectivity index (χ0v) is 22.0. The second kappa shape index (κ2) is 11.0. The van der Waals surface area contributed by atoms with Crippen LogP contribution in [0, 0.1) is 6.92 Å². The van der Waals surface area contributed by atoms with E-state index in [4.69, 9.17) is 9.15 Å². The van der Waals surface area contributed by atoms with Crippen LogP contribution in [0.1, 0.15) is 51.3 Å². The van der Waals surface area contributed by atoms with Crippen LogP contribution < -0.4 is 4.74 Å². The second-order valence-electron chi connectivity index (χ2n) is 9.83. The van der Waals surface area contributed by atoms with Crippen LogP contribution in [0.2, 0.25) is 0 Å². The number of fused-ring (bicyclic) bond motifs is 1. The summed E-state index contributed by atoms with van der Waals surface area (Å²) in [6, 6.07) is 27.0. The molecule has 194 valence electrons. The van der Waals surface area contributed by atoms with E-state index in [2.05, 4.69) is 31.2 Å². The quantitative estimate of drug-likeness (QED) is 0.316. The maximum absolute atomic E-state index is 13.7. The van der Waals surface area contributed by atoms with Crippen molar-refractivity contribution in [3.05, 3.63) is 125 Å². The summed E-state index contributed by atoms with van der Waals surface area (Å²) in [4.78, 5) is 30.2. The van der Waals surface area contributed by atoms with E-state index in [1.165, 1.54) is 5.56 Å². The van der Waals surface area contributed by atoms with Gasteiger partial charge in [-0.3, -0.25) is 9.59 Å². The molecule has 1 aliphatic rings. The van der Waals surface area contributed by atoms with E-state index in [9.17, 15) is 9.59 Å². The van der Waals surface area contributed by atoms with Crippen LogP contribution in [0.5, 0.6) is 5.75 Å². The van der Waals surface area contributed by atoms with Crippen molar-refractivity contribution in [3.63, 3.8) is 0 Å². The molecule has 1 aromatic heterocycles. The zero-order valence-electron chi connectivity index (χ0n) is 22.0. The van der Waals surface area contributed by atoms with Crippen molar-refractivity contribution in [2.75, 3.05) is 13.6 Å². The Morgan fingerprint density at radius 1 is 1.03 bits per heavy atom. The summed E-state index contributed by atoms with van der Waals surface area (Å²) >= 11 is 0. The van der Waals surface area contributed by atoms with E-state index in [1.54, 1.807) is 31.2 Å². The summed E-state index contributed by atoms with van der Waals surface area (Å²) in [5.74, 6) is 1.17. The maximum Gasteiger partial charge on any atom is 0.263 e. The third kappa shape index (κ3) is 5.35. The molecule has 2 heterocycles. The van der Waals surface area contributed by atoms with Gasteiger partial charge in [-0.25, -0.2) is 0 Å². The van der Waals surface area contributed by atoms with E-state index in [1.807, 2.05) is 59.5 Å². The Labute approximate surface area is 223 Å². The van der Waals surface area contributed by atoms with Crippen LogP contribution in [-0.4, -0.2) is 41.3 Å². The normalized spacial score (nSPS) is 15.4. The minimum atomic E-state index is -0.684. The van der Waals surface area contributed by atoms with Gasteiger partial charge in [0.25, 0.3) is 11.8 Å². The summed E-state index contributed by atoms with van der Waals surface area (Å²) < 4.78 is 11.5. The van der Waals surface area contributed by atoms with Gasteiger partial charge in [0.1, 0.15) is 11.5 Å². The maximum atomic E-state index is 13.7. The van der Waals surface area contributed by atoms with Crippen LogP contribution in [0.25, 0.3) is 0 Å². The molecule has 6 nitrogen and oxygen atoms in total. The third-order valence-corrected chi connectivity index (χ3v) is 7.00. The number of hydrogen-bond acceptors (Lipinski definition) is 4. The van der Waals surface area contributed by atoms with Crippen molar-refractivity contribution in [1.82, 2.24) is 9.80 Å². The van der Waals surface area contributed by atoms with Gasteiger partial charge in [-0.2, -0.15) is 0 Å². The molecule has 1 aliphatic heterocycles. The Morgan fingerprint density at radius 3 is 2.58 bits per heavy atom. The minimum absolute atomic E-state index is 0.00262. The molecule has 0 saturated carbocycles. The lowest BCUT2D eigenvalue weighted by atomic mass is 9.87. The lowest BCUT2D eigenvalue weighted by molar-refractivity contribution is -0.137. The Kier molecular flexibility index (Phi) is 7.31. The molecule has 38 heavy (non-hydrogen) atoms. The average molecular weight is 509 g/mol. The molecular weight excluding hydrogens is 476 g/mol. The molecule has 0 radical (unpaired) electrons. The number of benzene rings is 3. The molecule has 3 aromatic carbocycles. The second-order valence-corrected chi connectivity index (χ2v) is 9.83. The Bertz CT molecular complexity index is 1410. The van der Waals surface area contributed by atoms with Gasteiger partial charge in [-0.15, -0.1) is 0 Å². The summed E-state index contributed by atoms with van der Waals surface area (Å²) in [5.41, 5.74) is 5.05. The van der Waals surface area contributed by atoms with Gasteiger partial charge in [-0.1, -0.05) is 54.1 Å². The molecule has 0 N–H and O–H groups in total. The summed E-state index contributed by atoms with van der Waals surface area (Å²) in [6.07, 6.45) is 1.66. The molecule has 0 spiro atoms. The number of nitrogens with zero attached hydrogens (tertiary/aromatic N) is 2. The predicted molar refractivity (Wildman–Crippen MR) is 146 cm³/mol.